The van der Waals surface area contributed by atoms with Gasteiger partial charge in [0.2, 0.25) is 0 Å². The number of hydrogen-bond donors (Lipinski definition) is 1. The fourth-order valence-electron chi connectivity index (χ4n) is 4.14. The summed E-state index contributed by atoms with van der Waals surface area (Å²) in [6.45, 7) is 4.03. The number of nitrogens with two attached hydrogens (primary N) is 1. The molecule has 1 aromatic rings. The van der Waals surface area contributed by atoms with E-state index >= 15 is 0 Å². The van der Waals surface area contributed by atoms with Crippen LogP contribution in [0.2, 0.25) is 0 Å². The molecule has 2 aliphatic carbocycles. The zero-order valence-electron chi connectivity index (χ0n) is 10.9. The van der Waals surface area contributed by atoms with Crippen molar-refractivity contribution >= 4 is 0 Å². The highest BCUT2D eigenvalue weighted by atomic mass is 16.3. The molecule has 17 heavy (non-hydrogen) atoms. The Morgan fingerprint density at radius 3 is 2.71 bits per heavy atom. The molecule has 0 aromatic carbocycles. The van der Waals surface area contributed by atoms with Crippen LogP contribution in [0.4, 0.5) is 0 Å². The van der Waals surface area contributed by atoms with Crippen LogP contribution in [0.15, 0.2) is 10.5 Å². The maximum atomic E-state index is 6.36. The summed E-state index contributed by atoms with van der Waals surface area (Å²) in [5.41, 5.74) is 7.59. The third kappa shape index (κ3) is 2.03. The van der Waals surface area contributed by atoms with Gasteiger partial charge in [-0.15, -0.1) is 0 Å². The zero-order valence-corrected chi connectivity index (χ0v) is 10.9. The first-order chi connectivity index (χ1) is 8.13. The highest BCUT2D eigenvalue weighted by Crippen LogP contribution is 2.50. The average molecular weight is 233 g/mol. The minimum absolute atomic E-state index is 0.178. The topological polar surface area (TPSA) is 39.2 Å². The van der Waals surface area contributed by atoms with Crippen LogP contribution in [0.25, 0.3) is 0 Å². The van der Waals surface area contributed by atoms with Crippen molar-refractivity contribution in [2.75, 3.05) is 0 Å². The van der Waals surface area contributed by atoms with E-state index in [1.54, 1.807) is 0 Å². The van der Waals surface area contributed by atoms with Gasteiger partial charge >= 0.3 is 0 Å². The van der Waals surface area contributed by atoms with Crippen molar-refractivity contribution in [3.05, 3.63) is 23.2 Å². The minimum atomic E-state index is 0.178. The standard InChI is InChI=1S/C15H23NO/c1-9-5-14(10(2)17-9)15(16)8-13-7-11-3-4-12(13)6-11/h5,11-13,15H,3-4,6-8,16H2,1-2H3. The van der Waals surface area contributed by atoms with Crippen molar-refractivity contribution in [2.24, 2.45) is 23.5 Å². The lowest BCUT2D eigenvalue weighted by molar-refractivity contribution is 0.295. The highest BCUT2D eigenvalue weighted by molar-refractivity contribution is 5.23. The van der Waals surface area contributed by atoms with Crippen LogP contribution in [-0.4, -0.2) is 0 Å². The summed E-state index contributed by atoms with van der Waals surface area (Å²) in [5.74, 6) is 4.86. The number of fused-ring (bicyclic) bond motifs is 2. The predicted octanol–water partition coefficient (Wildman–Crippen LogP) is 3.72. The Kier molecular flexibility index (Phi) is 2.78. The molecule has 0 radical (unpaired) electrons. The van der Waals surface area contributed by atoms with Gasteiger partial charge in [-0.05, 0) is 63.4 Å². The summed E-state index contributed by atoms with van der Waals surface area (Å²) in [4.78, 5) is 0. The summed E-state index contributed by atoms with van der Waals surface area (Å²) in [6, 6.07) is 2.30. The van der Waals surface area contributed by atoms with Crippen molar-refractivity contribution in [1.82, 2.24) is 0 Å². The third-order valence-electron chi connectivity index (χ3n) is 4.92. The van der Waals surface area contributed by atoms with Crippen LogP contribution in [0, 0.1) is 31.6 Å². The van der Waals surface area contributed by atoms with Crippen LogP contribution in [0.1, 0.15) is 55.2 Å². The molecule has 2 aliphatic rings. The molecule has 4 unspecified atom stereocenters. The van der Waals surface area contributed by atoms with E-state index in [9.17, 15) is 0 Å². The number of hydrogen-bond acceptors (Lipinski definition) is 2. The fraction of sp³-hybridized carbons (Fsp3) is 0.733. The Balaban J connectivity index is 1.67. The first kappa shape index (κ1) is 11.3. The molecule has 2 heteroatoms. The Morgan fingerprint density at radius 2 is 2.18 bits per heavy atom. The predicted molar refractivity (Wildman–Crippen MR) is 68.7 cm³/mol. The van der Waals surface area contributed by atoms with Gasteiger partial charge in [0, 0.05) is 11.6 Å². The molecule has 94 valence electrons. The quantitative estimate of drug-likeness (QED) is 0.864. The van der Waals surface area contributed by atoms with Crippen molar-refractivity contribution in [1.29, 1.82) is 0 Å². The summed E-state index contributed by atoms with van der Waals surface area (Å²) in [7, 11) is 0. The molecule has 0 amide bonds. The molecule has 4 atom stereocenters. The lowest BCUT2D eigenvalue weighted by atomic mass is 9.83. The summed E-state index contributed by atoms with van der Waals surface area (Å²) >= 11 is 0. The molecule has 1 heterocycles. The SMILES string of the molecule is Cc1cc(C(N)CC2CC3CCC2C3)c(C)o1. The van der Waals surface area contributed by atoms with Crippen LogP contribution in [-0.2, 0) is 0 Å². The zero-order chi connectivity index (χ0) is 12.0. The lowest BCUT2D eigenvalue weighted by Crippen LogP contribution is -2.19. The Bertz CT molecular complexity index is 409. The first-order valence-corrected chi connectivity index (χ1v) is 6.96. The second kappa shape index (κ2) is 4.16. The number of aryl methyl sites for hydroxylation is 2. The van der Waals surface area contributed by atoms with Gasteiger partial charge in [-0.25, -0.2) is 0 Å². The molecule has 2 N–H and O–H groups in total. The van der Waals surface area contributed by atoms with E-state index in [1.165, 1.54) is 31.2 Å². The largest absolute Gasteiger partial charge is 0.466 e. The van der Waals surface area contributed by atoms with Crippen LogP contribution in [0.5, 0.6) is 0 Å². The molecule has 0 aliphatic heterocycles. The van der Waals surface area contributed by atoms with Gasteiger partial charge in [-0.1, -0.05) is 6.42 Å². The van der Waals surface area contributed by atoms with Gasteiger partial charge in [0.15, 0.2) is 0 Å². The van der Waals surface area contributed by atoms with E-state index in [-0.39, 0.29) is 6.04 Å². The van der Waals surface area contributed by atoms with Crippen LogP contribution < -0.4 is 5.73 Å². The van der Waals surface area contributed by atoms with E-state index in [1.807, 2.05) is 13.8 Å². The van der Waals surface area contributed by atoms with Gasteiger partial charge in [0.05, 0.1) is 0 Å². The average Bonchev–Trinajstić information content (AvgIpc) is 2.93. The Labute approximate surface area is 104 Å². The molecule has 2 nitrogen and oxygen atoms in total. The first-order valence-electron chi connectivity index (χ1n) is 6.96. The fourth-order valence-corrected chi connectivity index (χ4v) is 4.14. The number of rotatable bonds is 3. The maximum Gasteiger partial charge on any atom is 0.105 e. The van der Waals surface area contributed by atoms with Gasteiger partial charge in [0.1, 0.15) is 11.5 Å². The summed E-state index contributed by atoms with van der Waals surface area (Å²) < 4.78 is 5.58. The van der Waals surface area contributed by atoms with E-state index in [2.05, 4.69) is 6.07 Å². The van der Waals surface area contributed by atoms with Gasteiger partial charge in [-0.2, -0.15) is 0 Å². The molecular weight excluding hydrogens is 210 g/mol. The van der Waals surface area contributed by atoms with E-state index < -0.39 is 0 Å². The lowest BCUT2D eigenvalue weighted by Gasteiger charge is -2.24. The Morgan fingerprint density at radius 1 is 1.35 bits per heavy atom. The van der Waals surface area contributed by atoms with Crippen molar-refractivity contribution in [3.63, 3.8) is 0 Å². The Hall–Kier alpha value is -0.760. The second-order valence-corrected chi connectivity index (χ2v) is 6.15. The van der Waals surface area contributed by atoms with Crippen LogP contribution >= 0.6 is 0 Å². The van der Waals surface area contributed by atoms with E-state index in [4.69, 9.17) is 10.2 Å². The van der Waals surface area contributed by atoms with Crippen molar-refractivity contribution in [3.8, 4) is 0 Å². The van der Waals surface area contributed by atoms with Crippen molar-refractivity contribution in [2.45, 2.75) is 52.0 Å². The van der Waals surface area contributed by atoms with Gasteiger partial charge in [0.25, 0.3) is 0 Å². The molecule has 0 saturated heterocycles. The molecule has 3 rings (SSSR count). The normalized spacial score (nSPS) is 33.2. The maximum absolute atomic E-state index is 6.36. The van der Waals surface area contributed by atoms with Crippen LogP contribution in [0.3, 0.4) is 0 Å². The monoisotopic (exact) mass is 233 g/mol. The highest BCUT2D eigenvalue weighted by Gasteiger charge is 2.40. The second-order valence-electron chi connectivity index (χ2n) is 6.15. The molecule has 0 spiro atoms. The molecule has 2 fully saturated rings. The smallest absolute Gasteiger partial charge is 0.105 e. The van der Waals surface area contributed by atoms with E-state index in [0.717, 1.165) is 35.7 Å². The van der Waals surface area contributed by atoms with Gasteiger partial charge < -0.3 is 10.2 Å². The van der Waals surface area contributed by atoms with Gasteiger partial charge in [-0.3, -0.25) is 0 Å². The molecule has 1 aromatic heterocycles. The molecule has 2 saturated carbocycles. The third-order valence-corrected chi connectivity index (χ3v) is 4.92. The van der Waals surface area contributed by atoms with Crippen molar-refractivity contribution < 1.29 is 4.42 Å². The summed E-state index contributed by atoms with van der Waals surface area (Å²) in [5, 5.41) is 0. The number of furan rings is 1. The molecule has 2 bridgehead atoms. The minimum Gasteiger partial charge on any atom is -0.466 e. The summed E-state index contributed by atoms with van der Waals surface area (Å²) in [6.07, 6.45) is 6.97. The molecular formula is C15H23NO. The van der Waals surface area contributed by atoms with E-state index in [0.29, 0.717) is 0 Å².